The second kappa shape index (κ2) is 13.9. The minimum absolute atomic E-state index is 0.0272. The van der Waals surface area contributed by atoms with E-state index >= 15 is 0 Å². The smallest absolute Gasteiger partial charge is 0.310 e. The van der Waals surface area contributed by atoms with Crippen LogP contribution in [0.25, 0.3) is 10.8 Å². The maximum Gasteiger partial charge on any atom is 0.310 e. The maximum absolute atomic E-state index is 12.9. The number of aromatic amines is 1. The summed E-state index contributed by atoms with van der Waals surface area (Å²) in [5.41, 5.74) is 12.0. The minimum Gasteiger partial charge on any atom is -0.325 e. The molecule has 5 nitrogen and oxygen atoms in total. The molecule has 4 aromatic rings. The molecule has 2 atom stereocenters. The van der Waals surface area contributed by atoms with E-state index in [1.165, 1.54) is 67.8 Å². The van der Waals surface area contributed by atoms with E-state index in [-0.39, 0.29) is 35.1 Å². The van der Waals surface area contributed by atoms with E-state index < -0.39 is 20.9 Å². The predicted octanol–water partition coefficient (Wildman–Crippen LogP) is 11.0. The monoisotopic (exact) mass is 708 g/mol. The number of fused-ring (bicyclic) bond motifs is 2. The van der Waals surface area contributed by atoms with Crippen LogP contribution in [0, 0.1) is 11.7 Å². The van der Waals surface area contributed by atoms with Crippen LogP contribution < -0.4 is 11.3 Å². The average Bonchev–Trinajstić information content (AvgIpc) is 3.89. The molecule has 0 aliphatic heterocycles. The molecule has 49 heavy (non-hydrogen) atoms. The fraction of sp³-hybridized carbons (Fsp3) is 0.432. The van der Waals surface area contributed by atoms with Gasteiger partial charge in [-0.2, -0.15) is 5.10 Å². The third-order valence-corrected chi connectivity index (χ3v) is 11.1. The molecule has 2 aliphatic rings. The molecule has 0 spiro atoms. The molecule has 2 aromatic heterocycles. The molecule has 2 aliphatic carbocycles. The number of nitrogens with zero attached hydrogens (tertiary/aromatic N) is 2. The van der Waals surface area contributed by atoms with Crippen LogP contribution in [0.1, 0.15) is 101 Å². The summed E-state index contributed by atoms with van der Waals surface area (Å²) in [7, 11) is -9.74. The first-order valence-electron chi connectivity index (χ1n) is 16.7. The molecule has 1 unspecified atom stereocenters. The van der Waals surface area contributed by atoms with Gasteiger partial charge in [0.1, 0.15) is 10.7 Å². The third kappa shape index (κ3) is 8.75. The van der Waals surface area contributed by atoms with Gasteiger partial charge in [0.05, 0.1) is 11.1 Å². The lowest BCUT2D eigenvalue weighted by Gasteiger charge is -2.40. The van der Waals surface area contributed by atoms with E-state index in [2.05, 4.69) is 73.2 Å². The Labute approximate surface area is 284 Å². The number of aryl methyl sites for hydroxylation is 2. The van der Waals surface area contributed by atoms with Gasteiger partial charge in [-0.1, -0.05) is 76.5 Å². The lowest BCUT2D eigenvalue weighted by molar-refractivity contribution is 0.363. The standard InChI is InChI=1S/C16H19N3O.C13H19N.C8H8F6S/c1-3-10(2)16(6-7-16)11-4-5-12-13(8-11)14(9-17)18-19-15(12)20;1-3-10(2)12-8-4-6-11-7-5-9-14-13(11)12;1-2-6-3-4-7(5-8(6)9)15(10,11,12,13)14/h3-5,8H,6-7,9,17H2,1-2H3,(H,19,20);5,7,9-10,12H,3-4,6,8H2,1-2H3;3-5H,2H2,1H3/b10-3-;;/t;10-,12?;/m.0./s1. The Morgan fingerprint density at radius 3 is 2.37 bits per heavy atom. The second-order valence-corrected chi connectivity index (χ2v) is 15.4. The summed E-state index contributed by atoms with van der Waals surface area (Å²) in [4.78, 5) is 14.2. The van der Waals surface area contributed by atoms with E-state index in [1.807, 2.05) is 12.3 Å². The Balaban J connectivity index is 0.000000169. The highest BCUT2D eigenvalue weighted by atomic mass is 32.5. The highest BCUT2D eigenvalue weighted by Gasteiger charge is 2.65. The summed E-state index contributed by atoms with van der Waals surface area (Å²) in [6.45, 7) is 10.7. The number of aromatic nitrogens is 3. The Bertz CT molecular complexity index is 1890. The molecule has 1 fully saturated rings. The van der Waals surface area contributed by atoms with Gasteiger partial charge in [0.2, 0.25) is 0 Å². The van der Waals surface area contributed by atoms with Crippen LogP contribution in [0.4, 0.5) is 23.8 Å². The van der Waals surface area contributed by atoms with Crippen LogP contribution in [0.5, 0.6) is 0 Å². The number of hydrogen-bond acceptors (Lipinski definition) is 4. The van der Waals surface area contributed by atoms with Crippen molar-refractivity contribution >= 4 is 21.0 Å². The molecule has 0 bridgehead atoms. The number of halogens is 6. The molecule has 2 heterocycles. The molecule has 0 amide bonds. The van der Waals surface area contributed by atoms with E-state index in [1.54, 1.807) is 0 Å². The quantitative estimate of drug-likeness (QED) is 0.148. The average molecular weight is 709 g/mol. The molecule has 268 valence electrons. The van der Waals surface area contributed by atoms with Gasteiger partial charge in [-0.25, -0.2) is 9.49 Å². The van der Waals surface area contributed by atoms with Gasteiger partial charge in [0, 0.05) is 35.2 Å². The summed E-state index contributed by atoms with van der Waals surface area (Å²) in [6, 6.07) is 11.2. The van der Waals surface area contributed by atoms with Crippen molar-refractivity contribution in [2.24, 2.45) is 11.7 Å². The van der Waals surface area contributed by atoms with Crippen molar-refractivity contribution in [2.75, 3.05) is 0 Å². The SMILES string of the molecule is C/C=C(/C)C1(c2ccc3c(=O)[nH]nc(CN)c3c2)CC1.CC[C@H](C)C1CCCc2cccnc21.CCc1ccc(S(F)(F)(F)(F)F)cc1F. The Hall–Kier alpha value is -3.64. The van der Waals surface area contributed by atoms with Gasteiger partial charge in [-0.15, -0.1) is 0 Å². The fourth-order valence-corrected chi connectivity index (χ4v) is 7.17. The molecule has 6 rings (SSSR count). The van der Waals surface area contributed by atoms with E-state index in [0.29, 0.717) is 17.8 Å². The van der Waals surface area contributed by atoms with Crippen LogP contribution in [0.2, 0.25) is 0 Å². The van der Waals surface area contributed by atoms with Gasteiger partial charge >= 0.3 is 10.2 Å². The van der Waals surface area contributed by atoms with Crippen LogP contribution in [-0.4, -0.2) is 15.2 Å². The van der Waals surface area contributed by atoms with Gasteiger partial charge in [0.15, 0.2) is 0 Å². The number of allylic oxidation sites excluding steroid dienone is 2. The number of nitrogens with two attached hydrogens (primary N) is 1. The summed E-state index contributed by atoms with van der Waals surface area (Å²) in [5.74, 6) is 0.233. The topological polar surface area (TPSA) is 84.7 Å². The summed E-state index contributed by atoms with van der Waals surface area (Å²) < 4.78 is 73.9. The zero-order chi connectivity index (χ0) is 36.3. The maximum atomic E-state index is 12.9. The highest BCUT2D eigenvalue weighted by Crippen LogP contribution is 3.02. The first-order valence-corrected chi connectivity index (χ1v) is 18.7. The highest BCUT2D eigenvalue weighted by molar-refractivity contribution is 8.45. The summed E-state index contributed by atoms with van der Waals surface area (Å²) in [5, 5.41) is 8.10. The molecule has 1 saturated carbocycles. The lowest BCUT2D eigenvalue weighted by atomic mass is 9.78. The predicted molar refractivity (Wildman–Crippen MR) is 187 cm³/mol. The van der Waals surface area contributed by atoms with E-state index in [0.717, 1.165) is 23.1 Å². The van der Waals surface area contributed by atoms with E-state index in [4.69, 9.17) is 5.73 Å². The van der Waals surface area contributed by atoms with Crippen LogP contribution in [0.15, 0.2) is 76.1 Å². The van der Waals surface area contributed by atoms with Crippen molar-refractivity contribution in [1.82, 2.24) is 15.2 Å². The largest absolute Gasteiger partial charge is 0.325 e. The Morgan fingerprint density at radius 2 is 1.80 bits per heavy atom. The number of pyridine rings is 1. The Morgan fingerprint density at radius 1 is 1.08 bits per heavy atom. The van der Waals surface area contributed by atoms with Crippen LogP contribution >= 0.6 is 10.2 Å². The van der Waals surface area contributed by atoms with Gasteiger partial charge < -0.3 is 5.73 Å². The van der Waals surface area contributed by atoms with Crippen LogP contribution in [-0.2, 0) is 24.8 Å². The molecule has 3 N–H and O–H groups in total. The molecule has 2 aromatic carbocycles. The first kappa shape index (κ1) is 38.2. The van der Waals surface area contributed by atoms with Gasteiger partial charge in [-0.05, 0) is 105 Å². The summed E-state index contributed by atoms with van der Waals surface area (Å²) >= 11 is 0. The van der Waals surface area contributed by atoms with Gasteiger partial charge in [-0.3, -0.25) is 9.78 Å². The Kier molecular flexibility index (Phi) is 10.9. The molecule has 12 heteroatoms. The molecule has 0 saturated heterocycles. The van der Waals surface area contributed by atoms with Crippen molar-refractivity contribution in [2.45, 2.75) is 102 Å². The van der Waals surface area contributed by atoms with Crippen molar-refractivity contribution < 1.29 is 23.8 Å². The number of nitrogens with one attached hydrogen (secondary N) is 1. The second-order valence-electron chi connectivity index (χ2n) is 13.0. The zero-order valence-corrected chi connectivity index (χ0v) is 29.5. The normalized spacial score (nSPS) is 18.9. The van der Waals surface area contributed by atoms with Crippen molar-refractivity contribution in [3.05, 3.63) is 111 Å². The van der Waals surface area contributed by atoms with Crippen molar-refractivity contribution in [1.29, 1.82) is 0 Å². The third-order valence-electron chi connectivity index (χ3n) is 9.97. The lowest BCUT2D eigenvalue weighted by Crippen LogP contribution is -2.17. The van der Waals surface area contributed by atoms with Crippen molar-refractivity contribution in [3.8, 4) is 0 Å². The molecule has 0 radical (unpaired) electrons. The zero-order valence-electron chi connectivity index (χ0n) is 28.6. The number of benzene rings is 2. The van der Waals surface area contributed by atoms with Crippen LogP contribution in [0.3, 0.4) is 0 Å². The van der Waals surface area contributed by atoms with Gasteiger partial charge in [0.25, 0.3) is 5.56 Å². The first-order chi connectivity index (χ1) is 22.9. The number of rotatable bonds is 7. The minimum atomic E-state index is -9.74. The number of H-pyrrole nitrogens is 1. The fourth-order valence-electron chi connectivity index (χ4n) is 6.52. The molecular formula is C37H46F6N4OS. The van der Waals surface area contributed by atoms with E-state index in [9.17, 15) is 28.6 Å². The molecular weight excluding hydrogens is 662 g/mol. The summed E-state index contributed by atoms with van der Waals surface area (Å²) in [6.07, 6.45) is 11.8. The van der Waals surface area contributed by atoms with Crippen molar-refractivity contribution in [3.63, 3.8) is 0 Å². The number of hydrogen-bond donors (Lipinski definition) is 2.